The number of alkyl halides is 6. The minimum Gasteiger partial charge on any atom is -0.379 e. The Hall–Kier alpha value is -2.82. The Labute approximate surface area is 178 Å². The maximum atomic E-state index is 14.3. The summed E-state index contributed by atoms with van der Waals surface area (Å²) in [6.45, 7) is 0.612. The van der Waals surface area contributed by atoms with Gasteiger partial charge in [0.25, 0.3) is 5.78 Å². The second-order valence-electron chi connectivity index (χ2n) is 7.89. The number of hydrogen-bond acceptors (Lipinski definition) is 5. The van der Waals surface area contributed by atoms with Crippen molar-refractivity contribution in [2.75, 3.05) is 25.0 Å². The zero-order chi connectivity index (χ0) is 23.3. The molecule has 1 unspecified atom stereocenters. The van der Waals surface area contributed by atoms with Crippen molar-refractivity contribution in [3.8, 4) is 0 Å². The van der Waals surface area contributed by atoms with Gasteiger partial charge in [0.15, 0.2) is 0 Å². The smallest absolute Gasteiger partial charge is 0.379 e. The van der Waals surface area contributed by atoms with Crippen molar-refractivity contribution in [1.82, 2.24) is 9.88 Å². The van der Waals surface area contributed by atoms with Crippen LogP contribution in [-0.4, -0.2) is 52.8 Å². The molecule has 3 heterocycles. The van der Waals surface area contributed by atoms with Gasteiger partial charge < -0.3 is 15.3 Å². The number of fused-ring (bicyclic) bond motifs is 3. The molecule has 4 rings (SSSR count). The van der Waals surface area contributed by atoms with Crippen LogP contribution in [0.3, 0.4) is 0 Å². The van der Waals surface area contributed by atoms with Crippen LogP contribution in [0.25, 0.3) is 10.9 Å². The number of aromatic nitrogens is 1. The van der Waals surface area contributed by atoms with Gasteiger partial charge in [-0.1, -0.05) is 6.07 Å². The molecule has 2 aliphatic heterocycles. The van der Waals surface area contributed by atoms with E-state index in [0.717, 1.165) is 19.3 Å². The van der Waals surface area contributed by atoms with Crippen LogP contribution in [0, 0.1) is 0 Å². The number of Topliss-reactive ketones (excluding diaryl/α,β-unsaturated/α-hetero) is 1. The Morgan fingerprint density at radius 1 is 1.16 bits per heavy atom. The fourth-order valence-electron chi connectivity index (χ4n) is 4.27. The molecule has 2 aromatic rings. The summed E-state index contributed by atoms with van der Waals surface area (Å²) in [6.07, 6.45) is -5.68. The maximum absolute atomic E-state index is 14.3. The molecule has 1 fully saturated rings. The predicted molar refractivity (Wildman–Crippen MR) is 104 cm³/mol. The SMILES string of the molecule is O=C(c1cc2c(c3ncccc13)NC/C(=C\N1CCCCC1)C2(O)C(F)(F)F)C(F)(F)F. The first-order valence-corrected chi connectivity index (χ1v) is 9.96. The molecule has 1 aromatic heterocycles. The summed E-state index contributed by atoms with van der Waals surface area (Å²) in [5.74, 6) is -2.31. The third-order valence-corrected chi connectivity index (χ3v) is 5.84. The number of carbonyl (C=O) groups excluding carboxylic acids is 1. The Bertz CT molecular complexity index is 1090. The van der Waals surface area contributed by atoms with Crippen LogP contribution >= 0.6 is 0 Å². The van der Waals surface area contributed by atoms with Crippen LogP contribution in [0.15, 0.2) is 36.2 Å². The Morgan fingerprint density at radius 2 is 1.84 bits per heavy atom. The summed E-state index contributed by atoms with van der Waals surface area (Å²) in [4.78, 5) is 17.6. The van der Waals surface area contributed by atoms with E-state index in [2.05, 4.69) is 10.3 Å². The summed E-state index contributed by atoms with van der Waals surface area (Å²) in [6, 6.07) is 2.94. The van der Waals surface area contributed by atoms with E-state index >= 15 is 0 Å². The summed E-state index contributed by atoms with van der Waals surface area (Å²) < 4.78 is 82.6. The van der Waals surface area contributed by atoms with Crippen LogP contribution in [0.2, 0.25) is 0 Å². The van der Waals surface area contributed by atoms with Gasteiger partial charge >= 0.3 is 12.4 Å². The molecule has 32 heavy (non-hydrogen) atoms. The number of rotatable bonds is 2. The summed E-state index contributed by atoms with van der Waals surface area (Å²) >= 11 is 0. The first-order chi connectivity index (χ1) is 14.9. The van der Waals surface area contributed by atoms with E-state index in [0.29, 0.717) is 19.2 Å². The van der Waals surface area contributed by atoms with Gasteiger partial charge in [0.05, 0.1) is 11.2 Å². The molecule has 0 bridgehead atoms. The van der Waals surface area contributed by atoms with Crippen LogP contribution in [-0.2, 0) is 5.60 Å². The minimum atomic E-state index is -5.32. The van der Waals surface area contributed by atoms with Gasteiger partial charge in [-0.3, -0.25) is 9.78 Å². The molecule has 2 N–H and O–H groups in total. The topological polar surface area (TPSA) is 65.5 Å². The number of nitrogens with one attached hydrogen (secondary N) is 1. The normalized spacial score (nSPS) is 23.2. The van der Waals surface area contributed by atoms with Crippen molar-refractivity contribution < 1.29 is 36.2 Å². The Morgan fingerprint density at radius 3 is 2.47 bits per heavy atom. The van der Waals surface area contributed by atoms with E-state index < -0.39 is 47.0 Å². The van der Waals surface area contributed by atoms with Crippen LogP contribution < -0.4 is 5.32 Å². The predicted octanol–water partition coefficient (Wildman–Crippen LogP) is 4.53. The van der Waals surface area contributed by atoms with Gasteiger partial charge in [-0.05, 0) is 31.4 Å². The Kier molecular flexibility index (Phi) is 5.35. The number of likely N-dealkylation sites (tertiary alicyclic amines) is 1. The van der Waals surface area contributed by atoms with E-state index in [1.54, 1.807) is 4.90 Å². The molecule has 1 saturated heterocycles. The van der Waals surface area contributed by atoms with Gasteiger partial charge in [-0.2, -0.15) is 26.3 Å². The van der Waals surface area contributed by atoms with Gasteiger partial charge in [0, 0.05) is 54.1 Å². The zero-order valence-corrected chi connectivity index (χ0v) is 16.6. The molecule has 5 nitrogen and oxygen atoms in total. The highest BCUT2D eigenvalue weighted by Gasteiger charge is 2.60. The molecule has 0 amide bonds. The summed E-state index contributed by atoms with van der Waals surface area (Å²) in [7, 11) is 0. The van der Waals surface area contributed by atoms with Crippen LogP contribution in [0.5, 0.6) is 0 Å². The quantitative estimate of drug-likeness (QED) is 0.511. The standard InChI is InChI=1S/C21H19F6N3O2/c22-20(23,24)18(31)14-9-15-17(16-13(14)5-4-6-28-16)29-10-12(19(15,32)21(25,26)27)11-30-7-2-1-3-8-30/h4-6,9,11,29,32H,1-3,7-8,10H2/b12-11+. The lowest BCUT2D eigenvalue weighted by Gasteiger charge is -2.40. The highest BCUT2D eigenvalue weighted by molar-refractivity contribution is 6.13. The van der Waals surface area contributed by atoms with E-state index in [1.807, 2.05) is 0 Å². The van der Waals surface area contributed by atoms with Crippen molar-refractivity contribution in [2.24, 2.45) is 0 Å². The molecule has 0 radical (unpaired) electrons. The van der Waals surface area contributed by atoms with Gasteiger partial charge in [-0.25, -0.2) is 0 Å². The number of nitrogens with zero attached hydrogens (tertiary/aromatic N) is 2. The van der Waals surface area contributed by atoms with Crippen molar-refractivity contribution in [1.29, 1.82) is 0 Å². The zero-order valence-electron chi connectivity index (χ0n) is 16.6. The van der Waals surface area contributed by atoms with Crippen molar-refractivity contribution in [2.45, 2.75) is 37.2 Å². The second kappa shape index (κ2) is 7.65. The number of halogens is 6. The number of anilines is 1. The molecule has 0 saturated carbocycles. The fourth-order valence-corrected chi connectivity index (χ4v) is 4.27. The number of ketones is 1. The van der Waals surface area contributed by atoms with E-state index in [9.17, 15) is 36.2 Å². The molecule has 1 aromatic carbocycles. The lowest BCUT2D eigenvalue weighted by molar-refractivity contribution is -0.250. The monoisotopic (exact) mass is 459 g/mol. The molecule has 1 atom stereocenters. The molecule has 0 aliphatic carbocycles. The fraction of sp³-hybridized carbons (Fsp3) is 0.429. The number of aliphatic hydroxyl groups is 1. The largest absolute Gasteiger partial charge is 0.454 e. The molecular weight excluding hydrogens is 440 g/mol. The van der Waals surface area contributed by atoms with E-state index in [4.69, 9.17) is 0 Å². The number of hydrogen-bond donors (Lipinski definition) is 2. The number of carbonyl (C=O) groups is 1. The average Bonchev–Trinajstić information content (AvgIpc) is 2.74. The van der Waals surface area contributed by atoms with Crippen molar-refractivity contribution >= 4 is 22.4 Å². The molecular formula is C21H19F6N3O2. The maximum Gasteiger partial charge on any atom is 0.454 e. The number of benzene rings is 1. The van der Waals surface area contributed by atoms with Gasteiger partial charge in [0.2, 0.25) is 5.60 Å². The van der Waals surface area contributed by atoms with E-state index in [1.165, 1.54) is 24.5 Å². The number of pyridine rings is 1. The minimum absolute atomic E-state index is 0.253. The Balaban J connectivity index is 1.99. The van der Waals surface area contributed by atoms with E-state index in [-0.39, 0.29) is 16.6 Å². The first-order valence-electron chi connectivity index (χ1n) is 9.96. The molecule has 11 heteroatoms. The first kappa shape index (κ1) is 22.4. The molecule has 172 valence electrons. The second-order valence-corrected chi connectivity index (χ2v) is 7.89. The number of piperidine rings is 1. The average molecular weight is 459 g/mol. The third-order valence-electron chi connectivity index (χ3n) is 5.84. The van der Waals surface area contributed by atoms with Crippen LogP contribution in [0.1, 0.15) is 35.2 Å². The lowest BCUT2D eigenvalue weighted by atomic mass is 9.79. The summed E-state index contributed by atoms with van der Waals surface area (Å²) in [5.41, 5.74) is -6.43. The third kappa shape index (κ3) is 3.58. The highest BCUT2D eigenvalue weighted by atomic mass is 19.4. The summed E-state index contributed by atoms with van der Waals surface area (Å²) in [5, 5.41) is 13.6. The van der Waals surface area contributed by atoms with Crippen molar-refractivity contribution in [3.63, 3.8) is 0 Å². The lowest BCUT2D eigenvalue weighted by Crippen LogP contribution is -2.49. The van der Waals surface area contributed by atoms with Crippen molar-refractivity contribution in [3.05, 3.63) is 47.3 Å². The van der Waals surface area contributed by atoms with Gasteiger partial charge in [0.1, 0.15) is 0 Å². The van der Waals surface area contributed by atoms with Gasteiger partial charge in [-0.15, -0.1) is 0 Å². The van der Waals surface area contributed by atoms with Crippen LogP contribution in [0.4, 0.5) is 32.0 Å². The molecule has 0 spiro atoms. The molecule has 2 aliphatic rings. The highest BCUT2D eigenvalue weighted by Crippen LogP contribution is 2.51.